The lowest BCUT2D eigenvalue weighted by Gasteiger charge is -2.32. The van der Waals surface area contributed by atoms with Crippen LogP contribution in [0, 0.1) is 16.0 Å². The smallest absolute Gasteiger partial charge is 0.269 e. The Bertz CT molecular complexity index is 929. The van der Waals surface area contributed by atoms with Gasteiger partial charge in [0.1, 0.15) is 6.10 Å². The van der Waals surface area contributed by atoms with Gasteiger partial charge >= 0.3 is 0 Å². The molecular formula is C27H30N2O3. The molecule has 1 heterocycles. The minimum Gasteiger partial charge on any atom is -0.368 e. The van der Waals surface area contributed by atoms with E-state index >= 15 is 0 Å². The number of likely N-dealkylation sites (tertiary alicyclic amines) is 1. The molecule has 0 N–H and O–H groups in total. The van der Waals surface area contributed by atoms with Crippen molar-refractivity contribution in [1.82, 2.24) is 4.90 Å². The van der Waals surface area contributed by atoms with Crippen LogP contribution in [-0.4, -0.2) is 36.1 Å². The number of nitro groups is 1. The molecule has 4 rings (SSSR count). The monoisotopic (exact) mass is 430 g/mol. The highest BCUT2D eigenvalue weighted by Crippen LogP contribution is 2.28. The number of non-ortho nitro benzene ring substituents is 1. The highest BCUT2D eigenvalue weighted by Gasteiger charge is 2.22. The van der Waals surface area contributed by atoms with Crippen molar-refractivity contribution in [2.24, 2.45) is 5.92 Å². The number of hydrogen-bond donors (Lipinski definition) is 0. The minimum absolute atomic E-state index is 0.0300. The van der Waals surface area contributed by atoms with E-state index in [1.165, 1.54) is 11.1 Å². The number of hydrogen-bond acceptors (Lipinski definition) is 4. The zero-order chi connectivity index (χ0) is 22.2. The van der Waals surface area contributed by atoms with Gasteiger partial charge in [-0.3, -0.25) is 10.1 Å². The standard InChI is InChI=1S/C27H30N2O3/c30-29(31)26-13-11-22(12-14-26)15-18-28-19-16-23(17-20-28)21-32-27(24-7-3-1-4-8-24)25-9-5-2-6-10-25/h1-14,23,27H,15-21H2. The number of nitrogens with zero attached hydrogens (tertiary/aromatic N) is 2. The first-order chi connectivity index (χ1) is 15.7. The van der Waals surface area contributed by atoms with Crippen molar-refractivity contribution in [3.8, 4) is 0 Å². The van der Waals surface area contributed by atoms with Gasteiger partial charge < -0.3 is 9.64 Å². The molecule has 0 bridgehead atoms. The van der Waals surface area contributed by atoms with Gasteiger partial charge in [-0.2, -0.15) is 0 Å². The second kappa shape index (κ2) is 11.0. The van der Waals surface area contributed by atoms with Crippen molar-refractivity contribution in [3.63, 3.8) is 0 Å². The second-order valence-corrected chi connectivity index (χ2v) is 8.49. The Hall–Kier alpha value is -3.02. The van der Waals surface area contributed by atoms with Gasteiger partial charge in [-0.15, -0.1) is 0 Å². The van der Waals surface area contributed by atoms with Crippen LogP contribution in [-0.2, 0) is 11.2 Å². The van der Waals surface area contributed by atoms with E-state index in [1.54, 1.807) is 12.1 Å². The average molecular weight is 431 g/mol. The van der Waals surface area contributed by atoms with E-state index in [9.17, 15) is 10.1 Å². The van der Waals surface area contributed by atoms with Crippen LogP contribution in [0.25, 0.3) is 0 Å². The number of benzene rings is 3. The molecule has 0 unspecified atom stereocenters. The fourth-order valence-electron chi connectivity index (χ4n) is 4.32. The molecule has 0 radical (unpaired) electrons. The first-order valence-corrected chi connectivity index (χ1v) is 11.4. The Balaban J connectivity index is 1.25. The average Bonchev–Trinajstić information content (AvgIpc) is 2.85. The molecule has 1 aliphatic rings. The van der Waals surface area contributed by atoms with E-state index in [2.05, 4.69) is 53.4 Å². The van der Waals surface area contributed by atoms with Crippen LogP contribution in [0.2, 0.25) is 0 Å². The summed E-state index contributed by atoms with van der Waals surface area (Å²) in [6.45, 7) is 3.90. The third-order valence-corrected chi connectivity index (χ3v) is 6.27. The predicted octanol–water partition coefficient (Wildman–Crippen LogP) is 5.66. The number of ether oxygens (including phenoxy) is 1. The van der Waals surface area contributed by atoms with Gasteiger partial charge in [-0.25, -0.2) is 0 Å². The summed E-state index contributed by atoms with van der Waals surface area (Å²) in [4.78, 5) is 12.9. The van der Waals surface area contributed by atoms with E-state index in [0.29, 0.717) is 5.92 Å². The fourth-order valence-corrected chi connectivity index (χ4v) is 4.32. The van der Waals surface area contributed by atoms with Crippen molar-refractivity contribution in [1.29, 1.82) is 0 Å². The number of piperidine rings is 1. The van der Waals surface area contributed by atoms with Gasteiger partial charge in [0.15, 0.2) is 0 Å². The van der Waals surface area contributed by atoms with E-state index in [0.717, 1.165) is 51.1 Å². The molecular weight excluding hydrogens is 400 g/mol. The third-order valence-electron chi connectivity index (χ3n) is 6.27. The van der Waals surface area contributed by atoms with Crippen molar-refractivity contribution in [2.45, 2.75) is 25.4 Å². The summed E-state index contributed by atoms with van der Waals surface area (Å²) in [6, 6.07) is 27.8. The molecule has 0 saturated carbocycles. The van der Waals surface area contributed by atoms with E-state index in [4.69, 9.17) is 4.74 Å². The summed E-state index contributed by atoms with van der Waals surface area (Å²) in [6.07, 6.45) is 3.16. The van der Waals surface area contributed by atoms with Gasteiger partial charge in [0, 0.05) is 18.7 Å². The van der Waals surface area contributed by atoms with Gasteiger partial charge in [0.2, 0.25) is 0 Å². The summed E-state index contributed by atoms with van der Waals surface area (Å²) >= 11 is 0. The Morgan fingerprint density at radius 2 is 1.44 bits per heavy atom. The highest BCUT2D eigenvalue weighted by molar-refractivity contribution is 5.33. The van der Waals surface area contributed by atoms with Gasteiger partial charge in [0.25, 0.3) is 5.69 Å². The Morgan fingerprint density at radius 1 is 0.875 bits per heavy atom. The van der Waals surface area contributed by atoms with E-state index in [-0.39, 0.29) is 16.7 Å². The van der Waals surface area contributed by atoms with Crippen LogP contribution in [0.5, 0.6) is 0 Å². The normalized spacial score (nSPS) is 15.2. The Labute approximate surface area is 189 Å². The molecule has 1 saturated heterocycles. The molecule has 0 aromatic heterocycles. The van der Waals surface area contributed by atoms with Crippen LogP contribution < -0.4 is 0 Å². The lowest BCUT2D eigenvalue weighted by atomic mass is 9.96. The maximum Gasteiger partial charge on any atom is 0.269 e. The van der Waals surface area contributed by atoms with Crippen LogP contribution >= 0.6 is 0 Å². The van der Waals surface area contributed by atoms with Crippen molar-refractivity contribution >= 4 is 5.69 Å². The molecule has 0 amide bonds. The number of nitro benzene ring substituents is 1. The molecule has 32 heavy (non-hydrogen) atoms. The number of rotatable bonds is 9. The summed E-state index contributed by atoms with van der Waals surface area (Å²) in [5.74, 6) is 0.570. The highest BCUT2D eigenvalue weighted by atomic mass is 16.6. The van der Waals surface area contributed by atoms with Crippen LogP contribution in [0.3, 0.4) is 0 Å². The molecule has 1 fully saturated rings. The molecule has 5 nitrogen and oxygen atoms in total. The van der Waals surface area contributed by atoms with Crippen LogP contribution in [0.4, 0.5) is 5.69 Å². The molecule has 0 atom stereocenters. The summed E-state index contributed by atoms with van der Waals surface area (Å²) in [5.41, 5.74) is 3.69. The predicted molar refractivity (Wildman–Crippen MR) is 127 cm³/mol. The van der Waals surface area contributed by atoms with Gasteiger partial charge in [-0.05, 0) is 55.0 Å². The van der Waals surface area contributed by atoms with Gasteiger partial charge in [0.05, 0.1) is 11.5 Å². The second-order valence-electron chi connectivity index (χ2n) is 8.49. The SMILES string of the molecule is O=[N+]([O-])c1ccc(CCN2CCC(COC(c3ccccc3)c3ccccc3)CC2)cc1. The van der Waals surface area contributed by atoms with Crippen LogP contribution in [0.15, 0.2) is 84.9 Å². The zero-order valence-corrected chi connectivity index (χ0v) is 18.3. The summed E-state index contributed by atoms with van der Waals surface area (Å²) in [7, 11) is 0. The fraction of sp³-hybridized carbons (Fsp3) is 0.333. The molecule has 0 spiro atoms. The van der Waals surface area contributed by atoms with E-state index in [1.807, 2.05) is 24.3 Å². The van der Waals surface area contributed by atoms with Crippen molar-refractivity contribution in [2.75, 3.05) is 26.2 Å². The quantitative estimate of drug-likeness (QED) is 0.325. The van der Waals surface area contributed by atoms with E-state index < -0.39 is 0 Å². The first-order valence-electron chi connectivity index (χ1n) is 11.4. The topological polar surface area (TPSA) is 55.6 Å². The molecule has 1 aliphatic heterocycles. The molecule has 3 aromatic carbocycles. The molecule has 0 aliphatic carbocycles. The largest absolute Gasteiger partial charge is 0.368 e. The molecule has 5 heteroatoms. The van der Waals surface area contributed by atoms with Crippen molar-refractivity contribution < 1.29 is 9.66 Å². The minimum atomic E-state index is -0.350. The maximum absolute atomic E-state index is 10.8. The zero-order valence-electron chi connectivity index (χ0n) is 18.3. The summed E-state index contributed by atoms with van der Waals surface area (Å²) in [5, 5.41) is 10.8. The molecule has 166 valence electrons. The first kappa shape index (κ1) is 22.2. The van der Waals surface area contributed by atoms with Gasteiger partial charge in [-0.1, -0.05) is 72.8 Å². The third kappa shape index (κ3) is 6.02. The Morgan fingerprint density at radius 3 is 1.97 bits per heavy atom. The maximum atomic E-state index is 10.8. The van der Waals surface area contributed by atoms with Crippen molar-refractivity contribution in [3.05, 3.63) is 112 Å². The van der Waals surface area contributed by atoms with Crippen LogP contribution in [0.1, 0.15) is 35.6 Å². The Kier molecular flexibility index (Phi) is 7.64. The molecule has 3 aromatic rings. The lowest BCUT2D eigenvalue weighted by Crippen LogP contribution is -2.36. The summed E-state index contributed by atoms with van der Waals surface area (Å²) < 4.78 is 6.48. The lowest BCUT2D eigenvalue weighted by molar-refractivity contribution is -0.384.